The van der Waals surface area contributed by atoms with Crippen molar-refractivity contribution >= 4 is 27.5 Å². The van der Waals surface area contributed by atoms with Crippen molar-refractivity contribution in [3.8, 4) is 5.75 Å². The van der Waals surface area contributed by atoms with Crippen LogP contribution in [0.4, 0.5) is 5.69 Å². The molecule has 2 aromatic carbocycles. The SMILES string of the molecule is COc1ccc(N(C)C(=O)c2ccc(C)c(Br)c2)cc1. The van der Waals surface area contributed by atoms with Gasteiger partial charge in [-0.1, -0.05) is 22.0 Å². The molecule has 104 valence electrons. The minimum absolute atomic E-state index is 0.0455. The molecule has 0 atom stereocenters. The van der Waals surface area contributed by atoms with Gasteiger partial charge in [-0.15, -0.1) is 0 Å². The van der Waals surface area contributed by atoms with Crippen molar-refractivity contribution < 1.29 is 9.53 Å². The topological polar surface area (TPSA) is 29.5 Å². The highest BCUT2D eigenvalue weighted by molar-refractivity contribution is 9.10. The smallest absolute Gasteiger partial charge is 0.258 e. The molecule has 0 unspecified atom stereocenters. The molecule has 0 saturated heterocycles. The zero-order chi connectivity index (χ0) is 14.7. The van der Waals surface area contributed by atoms with Gasteiger partial charge in [0.25, 0.3) is 5.91 Å². The molecule has 4 heteroatoms. The molecule has 0 heterocycles. The van der Waals surface area contributed by atoms with Crippen LogP contribution in [-0.4, -0.2) is 20.1 Å². The number of carbonyl (C=O) groups excluding carboxylic acids is 1. The first kappa shape index (κ1) is 14.6. The Morgan fingerprint density at radius 1 is 1.15 bits per heavy atom. The first-order chi connectivity index (χ1) is 9.52. The molecule has 0 bridgehead atoms. The number of anilines is 1. The third kappa shape index (κ3) is 3.02. The second-order valence-electron chi connectivity index (χ2n) is 4.53. The molecular weight excluding hydrogens is 318 g/mol. The van der Waals surface area contributed by atoms with E-state index in [-0.39, 0.29) is 5.91 Å². The van der Waals surface area contributed by atoms with E-state index >= 15 is 0 Å². The van der Waals surface area contributed by atoms with E-state index in [9.17, 15) is 4.79 Å². The largest absolute Gasteiger partial charge is 0.497 e. The lowest BCUT2D eigenvalue weighted by molar-refractivity contribution is 0.0993. The van der Waals surface area contributed by atoms with Crippen molar-refractivity contribution in [3.63, 3.8) is 0 Å². The summed E-state index contributed by atoms with van der Waals surface area (Å²) < 4.78 is 6.05. The zero-order valence-electron chi connectivity index (χ0n) is 11.7. The maximum Gasteiger partial charge on any atom is 0.258 e. The van der Waals surface area contributed by atoms with Gasteiger partial charge in [-0.25, -0.2) is 0 Å². The molecule has 0 saturated carbocycles. The third-order valence-electron chi connectivity index (χ3n) is 3.18. The monoisotopic (exact) mass is 333 g/mol. The Bertz CT molecular complexity index is 623. The third-order valence-corrected chi connectivity index (χ3v) is 4.04. The molecule has 0 aliphatic rings. The predicted molar refractivity (Wildman–Crippen MR) is 84.6 cm³/mol. The van der Waals surface area contributed by atoms with Gasteiger partial charge in [0.2, 0.25) is 0 Å². The van der Waals surface area contributed by atoms with Crippen LogP contribution >= 0.6 is 15.9 Å². The van der Waals surface area contributed by atoms with Gasteiger partial charge in [-0.2, -0.15) is 0 Å². The predicted octanol–water partition coefficient (Wildman–Crippen LogP) is 4.04. The summed E-state index contributed by atoms with van der Waals surface area (Å²) >= 11 is 3.45. The maximum absolute atomic E-state index is 12.4. The van der Waals surface area contributed by atoms with Crippen molar-refractivity contribution in [1.29, 1.82) is 0 Å². The molecule has 3 nitrogen and oxygen atoms in total. The summed E-state index contributed by atoms with van der Waals surface area (Å²) in [6, 6.07) is 13.0. The van der Waals surface area contributed by atoms with Crippen molar-refractivity contribution in [2.75, 3.05) is 19.1 Å². The molecule has 1 amide bonds. The molecule has 0 fully saturated rings. The summed E-state index contributed by atoms with van der Waals surface area (Å²) in [6.45, 7) is 1.99. The Hall–Kier alpha value is -1.81. The van der Waals surface area contributed by atoms with Crippen LogP contribution in [0.3, 0.4) is 0 Å². The van der Waals surface area contributed by atoms with E-state index < -0.39 is 0 Å². The lowest BCUT2D eigenvalue weighted by Crippen LogP contribution is -2.26. The first-order valence-electron chi connectivity index (χ1n) is 6.21. The van der Waals surface area contributed by atoms with Gasteiger partial charge < -0.3 is 9.64 Å². The number of halogens is 1. The Labute approximate surface area is 127 Å². The Morgan fingerprint density at radius 2 is 1.80 bits per heavy atom. The lowest BCUT2D eigenvalue weighted by Gasteiger charge is -2.18. The number of amides is 1. The quantitative estimate of drug-likeness (QED) is 0.848. The van der Waals surface area contributed by atoms with Crippen LogP contribution < -0.4 is 9.64 Å². The average Bonchev–Trinajstić information content (AvgIpc) is 2.48. The van der Waals surface area contributed by atoms with Crippen molar-refractivity contribution in [2.45, 2.75) is 6.92 Å². The van der Waals surface area contributed by atoms with Crippen LogP contribution in [0.2, 0.25) is 0 Å². The molecule has 0 radical (unpaired) electrons. The second kappa shape index (κ2) is 6.09. The van der Waals surface area contributed by atoms with Crippen LogP contribution in [0.15, 0.2) is 46.9 Å². The fourth-order valence-electron chi connectivity index (χ4n) is 1.84. The minimum atomic E-state index is -0.0455. The van der Waals surface area contributed by atoms with E-state index in [1.54, 1.807) is 19.1 Å². The summed E-state index contributed by atoms with van der Waals surface area (Å²) in [5.41, 5.74) is 2.59. The van der Waals surface area contributed by atoms with E-state index in [4.69, 9.17) is 4.74 Å². The number of aryl methyl sites for hydroxylation is 1. The minimum Gasteiger partial charge on any atom is -0.497 e. The van der Waals surface area contributed by atoms with Crippen molar-refractivity contribution in [3.05, 3.63) is 58.1 Å². The zero-order valence-corrected chi connectivity index (χ0v) is 13.3. The number of rotatable bonds is 3. The first-order valence-corrected chi connectivity index (χ1v) is 7.00. The van der Waals surface area contributed by atoms with E-state index in [0.717, 1.165) is 21.5 Å². The van der Waals surface area contributed by atoms with Crippen LogP contribution in [0.25, 0.3) is 0 Å². The number of methoxy groups -OCH3 is 1. The average molecular weight is 334 g/mol. The fraction of sp³-hybridized carbons (Fsp3) is 0.188. The number of hydrogen-bond donors (Lipinski definition) is 0. The van der Waals surface area contributed by atoms with Gasteiger partial charge in [0.1, 0.15) is 5.75 Å². The summed E-state index contributed by atoms with van der Waals surface area (Å²) in [5.74, 6) is 0.726. The molecular formula is C16H16BrNO2. The van der Waals surface area contributed by atoms with E-state index in [0.29, 0.717) is 5.56 Å². The molecule has 0 N–H and O–H groups in total. The highest BCUT2D eigenvalue weighted by Gasteiger charge is 2.14. The molecule has 0 aliphatic carbocycles. The van der Waals surface area contributed by atoms with Gasteiger partial charge in [0, 0.05) is 22.8 Å². The van der Waals surface area contributed by atoms with Gasteiger partial charge >= 0.3 is 0 Å². The van der Waals surface area contributed by atoms with E-state index in [1.807, 2.05) is 49.4 Å². The van der Waals surface area contributed by atoms with Crippen LogP contribution in [0.1, 0.15) is 15.9 Å². The summed E-state index contributed by atoms with van der Waals surface area (Å²) in [4.78, 5) is 14.1. The fourth-order valence-corrected chi connectivity index (χ4v) is 2.22. The van der Waals surface area contributed by atoms with Gasteiger partial charge in [0.15, 0.2) is 0 Å². The molecule has 20 heavy (non-hydrogen) atoms. The van der Waals surface area contributed by atoms with Crippen LogP contribution in [-0.2, 0) is 0 Å². The molecule has 0 spiro atoms. The Balaban J connectivity index is 2.24. The molecule has 0 aliphatic heterocycles. The number of benzene rings is 2. The van der Waals surface area contributed by atoms with Crippen molar-refractivity contribution in [1.82, 2.24) is 0 Å². The number of ether oxygens (including phenoxy) is 1. The normalized spacial score (nSPS) is 10.2. The highest BCUT2D eigenvalue weighted by Crippen LogP contribution is 2.22. The number of nitrogens with zero attached hydrogens (tertiary/aromatic N) is 1. The standard InChI is InChI=1S/C16H16BrNO2/c1-11-4-5-12(10-15(11)17)16(19)18(2)13-6-8-14(20-3)9-7-13/h4-10H,1-3H3. The summed E-state index contributed by atoms with van der Waals surface area (Å²) in [6.07, 6.45) is 0. The van der Waals surface area contributed by atoms with Crippen LogP contribution in [0, 0.1) is 6.92 Å². The number of hydrogen-bond acceptors (Lipinski definition) is 2. The summed E-state index contributed by atoms with van der Waals surface area (Å²) in [5, 5.41) is 0. The number of carbonyl (C=O) groups is 1. The highest BCUT2D eigenvalue weighted by atomic mass is 79.9. The lowest BCUT2D eigenvalue weighted by atomic mass is 10.1. The van der Waals surface area contributed by atoms with Gasteiger partial charge in [-0.3, -0.25) is 4.79 Å². The Kier molecular flexibility index (Phi) is 4.45. The van der Waals surface area contributed by atoms with Gasteiger partial charge in [0.05, 0.1) is 7.11 Å². The summed E-state index contributed by atoms with van der Waals surface area (Å²) in [7, 11) is 3.38. The Morgan fingerprint density at radius 3 is 2.35 bits per heavy atom. The second-order valence-corrected chi connectivity index (χ2v) is 5.38. The maximum atomic E-state index is 12.4. The molecule has 2 aromatic rings. The van der Waals surface area contributed by atoms with Crippen LogP contribution in [0.5, 0.6) is 5.75 Å². The molecule has 2 rings (SSSR count). The van der Waals surface area contributed by atoms with Gasteiger partial charge in [-0.05, 0) is 48.9 Å². The van der Waals surface area contributed by atoms with E-state index in [1.165, 1.54) is 0 Å². The van der Waals surface area contributed by atoms with Crippen molar-refractivity contribution in [2.24, 2.45) is 0 Å². The van der Waals surface area contributed by atoms with E-state index in [2.05, 4.69) is 15.9 Å². The molecule has 0 aromatic heterocycles.